The SMILES string of the molecule is CC(NC(=O)CC(N)=NO)c1cn[nH]c1. The van der Waals surface area contributed by atoms with Gasteiger partial charge < -0.3 is 16.3 Å². The summed E-state index contributed by atoms with van der Waals surface area (Å²) in [5.41, 5.74) is 6.05. The van der Waals surface area contributed by atoms with Crippen LogP contribution in [-0.2, 0) is 4.79 Å². The molecular formula is C8H13N5O2. The number of aromatic nitrogens is 2. The van der Waals surface area contributed by atoms with Crippen molar-refractivity contribution < 1.29 is 10.0 Å². The molecule has 0 spiro atoms. The maximum atomic E-state index is 11.3. The van der Waals surface area contributed by atoms with Gasteiger partial charge in [-0.2, -0.15) is 5.10 Å². The quantitative estimate of drug-likeness (QED) is 0.237. The number of amidine groups is 1. The van der Waals surface area contributed by atoms with Gasteiger partial charge in [-0.1, -0.05) is 5.16 Å². The normalized spacial score (nSPS) is 13.5. The molecule has 1 aromatic rings. The lowest BCUT2D eigenvalue weighted by Gasteiger charge is -2.11. The number of amides is 1. The fourth-order valence-corrected chi connectivity index (χ4v) is 1.07. The van der Waals surface area contributed by atoms with Gasteiger partial charge in [0.05, 0.1) is 18.7 Å². The van der Waals surface area contributed by atoms with E-state index in [9.17, 15) is 4.79 Å². The van der Waals surface area contributed by atoms with Crippen molar-refractivity contribution in [3.63, 3.8) is 0 Å². The Balaban J connectivity index is 2.45. The highest BCUT2D eigenvalue weighted by Gasteiger charge is 2.11. The minimum absolute atomic E-state index is 0.119. The molecule has 1 heterocycles. The van der Waals surface area contributed by atoms with E-state index in [0.717, 1.165) is 5.56 Å². The van der Waals surface area contributed by atoms with E-state index in [-0.39, 0.29) is 24.2 Å². The van der Waals surface area contributed by atoms with E-state index < -0.39 is 0 Å². The average molecular weight is 211 g/mol. The molecule has 0 saturated heterocycles. The first kappa shape index (κ1) is 11.0. The summed E-state index contributed by atoms with van der Waals surface area (Å²) in [4.78, 5) is 11.3. The third-order valence-electron chi connectivity index (χ3n) is 1.87. The molecule has 1 aromatic heterocycles. The molecule has 0 aliphatic carbocycles. The van der Waals surface area contributed by atoms with Gasteiger partial charge in [0, 0.05) is 11.8 Å². The van der Waals surface area contributed by atoms with Crippen molar-refractivity contribution >= 4 is 11.7 Å². The van der Waals surface area contributed by atoms with Crippen LogP contribution in [0.3, 0.4) is 0 Å². The van der Waals surface area contributed by atoms with Gasteiger partial charge in [0.2, 0.25) is 5.91 Å². The van der Waals surface area contributed by atoms with Crippen molar-refractivity contribution in [2.24, 2.45) is 10.9 Å². The van der Waals surface area contributed by atoms with Gasteiger partial charge in [-0.05, 0) is 6.92 Å². The first-order valence-electron chi connectivity index (χ1n) is 4.38. The van der Waals surface area contributed by atoms with E-state index in [2.05, 4.69) is 20.7 Å². The van der Waals surface area contributed by atoms with Gasteiger partial charge in [0.1, 0.15) is 5.84 Å². The molecule has 0 aliphatic heterocycles. The monoisotopic (exact) mass is 211 g/mol. The lowest BCUT2D eigenvalue weighted by molar-refractivity contribution is -0.120. The fraction of sp³-hybridized carbons (Fsp3) is 0.375. The van der Waals surface area contributed by atoms with Gasteiger partial charge in [-0.15, -0.1) is 0 Å². The van der Waals surface area contributed by atoms with Crippen molar-refractivity contribution in [3.05, 3.63) is 18.0 Å². The minimum atomic E-state index is -0.306. The molecule has 0 saturated carbocycles. The van der Waals surface area contributed by atoms with Crippen LogP contribution >= 0.6 is 0 Å². The third-order valence-corrected chi connectivity index (χ3v) is 1.87. The van der Waals surface area contributed by atoms with Crippen LogP contribution in [0.4, 0.5) is 0 Å². The minimum Gasteiger partial charge on any atom is -0.409 e. The van der Waals surface area contributed by atoms with Crippen molar-refractivity contribution in [3.8, 4) is 0 Å². The predicted octanol–water partition coefficient (Wildman–Crippen LogP) is -0.277. The number of rotatable bonds is 4. The average Bonchev–Trinajstić information content (AvgIpc) is 2.70. The molecule has 7 nitrogen and oxygen atoms in total. The highest BCUT2D eigenvalue weighted by Crippen LogP contribution is 2.08. The lowest BCUT2D eigenvalue weighted by Crippen LogP contribution is -2.30. The van der Waals surface area contributed by atoms with E-state index in [4.69, 9.17) is 10.9 Å². The Morgan fingerprint density at radius 3 is 3.13 bits per heavy atom. The van der Waals surface area contributed by atoms with Crippen LogP contribution in [0.25, 0.3) is 0 Å². The zero-order valence-electron chi connectivity index (χ0n) is 8.27. The Labute approximate surface area is 86.3 Å². The van der Waals surface area contributed by atoms with Crippen LogP contribution < -0.4 is 11.1 Å². The number of hydrogen-bond donors (Lipinski definition) is 4. The van der Waals surface area contributed by atoms with Gasteiger partial charge in [-0.25, -0.2) is 0 Å². The molecule has 15 heavy (non-hydrogen) atoms. The van der Waals surface area contributed by atoms with Crippen molar-refractivity contribution in [2.75, 3.05) is 0 Å². The van der Waals surface area contributed by atoms with Gasteiger partial charge in [0.25, 0.3) is 0 Å². The second-order valence-corrected chi connectivity index (χ2v) is 3.09. The molecule has 1 atom stereocenters. The largest absolute Gasteiger partial charge is 0.409 e. The van der Waals surface area contributed by atoms with Crippen LogP contribution in [0.2, 0.25) is 0 Å². The van der Waals surface area contributed by atoms with Crippen LogP contribution in [0.1, 0.15) is 24.9 Å². The van der Waals surface area contributed by atoms with Crippen LogP contribution in [-0.4, -0.2) is 27.1 Å². The molecule has 0 fully saturated rings. The summed E-state index contributed by atoms with van der Waals surface area (Å²) < 4.78 is 0. The van der Waals surface area contributed by atoms with E-state index >= 15 is 0 Å². The van der Waals surface area contributed by atoms with Crippen molar-refractivity contribution in [1.29, 1.82) is 0 Å². The smallest absolute Gasteiger partial charge is 0.228 e. The lowest BCUT2D eigenvalue weighted by atomic mass is 10.2. The van der Waals surface area contributed by atoms with Gasteiger partial charge in [0.15, 0.2) is 0 Å². The Morgan fingerprint density at radius 1 is 1.87 bits per heavy atom. The standard InChI is InChI=1S/C8H13N5O2/c1-5(6-3-10-11-4-6)12-8(14)2-7(9)13-15/h3-5,15H,2H2,1H3,(H2,9,13)(H,10,11)(H,12,14). The summed E-state index contributed by atoms with van der Waals surface area (Å²) in [6.07, 6.45) is 3.18. The first-order valence-corrected chi connectivity index (χ1v) is 4.38. The Bertz CT molecular complexity index is 346. The number of nitrogens with zero attached hydrogens (tertiary/aromatic N) is 2. The molecule has 1 rings (SSSR count). The molecule has 0 aromatic carbocycles. The number of nitrogens with one attached hydrogen (secondary N) is 2. The third kappa shape index (κ3) is 3.29. The van der Waals surface area contributed by atoms with E-state index in [1.807, 2.05) is 6.92 Å². The summed E-state index contributed by atoms with van der Waals surface area (Å²) in [7, 11) is 0. The molecule has 0 aliphatic rings. The van der Waals surface area contributed by atoms with Gasteiger partial charge in [-0.3, -0.25) is 9.89 Å². The molecule has 1 unspecified atom stereocenters. The number of aromatic amines is 1. The zero-order valence-corrected chi connectivity index (χ0v) is 8.27. The fourth-order valence-electron chi connectivity index (χ4n) is 1.07. The highest BCUT2D eigenvalue weighted by atomic mass is 16.4. The molecule has 0 radical (unpaired) electrons. The molecular weight excluding hydrogens is 198 g/mol. The molecule has 5 N–H and O–H groups in total. The van der Waals surface area contributed by atoms with Crippen molar-refractivity contribution in [2.45, 2.75) is 19.4 Å². The summed E-state index contributed by atoms with van der Waals surface area (Å²) in [5.74, 6) is -0.425. The van der Waals surface area contributed by atoms with E-state index in [1.165, 1.54) is 0 Å². The Hall–Kier alpha value is -2.05. The Morgan fingerprint density at radius 2 is 2.60 bits per heavy atom. The molecule has 7 heteroatoms. The summed E-state index contributed by atoms with van der Waals surface area (Å²) >= 11 is 0. The number of H-pyrrole nitrogens is 1. The second-order valence-electron chi connectivity index (χ2n) is 3.09. The number of carbonyl (C=O) groups excluding carboxylic acids is 1. The number of carbonyl (C=O) groups is 1. The van der Waals surface area contributed by atoms with Crippen LogP contribution in [0, 0.1) is 0 Å². The maximum Gasteiger partial charge on any atom is 0.228 e. The van der Waals surface area contributed by atoms with Gasteiger partial charge >= 0.3 is 0 Å². The van der Waals surface area contributed by atoms with Crippen LogP contribution in [0.5, 0.6) is 0 Å². The molecule has 82 valence electrons. The molecule has 0 bridgehead atoms. The number of hydrogen-bond acceptors (Lipinski definition) is 4. The van der Waals surface area contributed by atoms with Crippen molar-refractivity contribution in [1.82, 2.24) is 15.5 Å². The predicted molar refractivity (Wildman–Crippen MR) is 53.2 cm³/mol. The summed E-state index contributed by atoms with van der Waals surface area (Å²) in [6.45, 7) is 1.81. The van der Waals surface area contributed by atoms with Crippen LogP contribution in [0.15, 0.2) is 17.5 Å². The molecule has 1 amide bonds. The maximum absolute atomic E-state index is 11.3. The first-order chi connectivity index (χ1) is 7.13. The summed E-state index contributed by atoms with van der Waals surface area (Å²) in [5, 5.41) is 20.1. The summed E-state index contributed by atoms with van der Waals surface area (Å²) in [6, 6.07) is -0.164. The topological polar surface area (TPSA) is 116 Å². The number of nitrogens with two attached hydrogens (primary N) is 1. The second kappa shape index (κ2) is 4.99. The zero-order chi connectivity index (χ0) is 11.3. The highest BCUT2D eigenvalue weighted by molar-refractivity contribution is 5.98. The van der Waals surface area contributed by atoms with E-state index in [1.54, 1.807) is 12.4 Å². The Kier molecular flexibility index (Phi) is 3.67. The van der Waals surface area contributed by atoms with E-state index in [0.29, 0.717) is 0 Å². The number of oxime groups is 1.